The van der Waals surface area contributed by atoms with Gasteiger partial charge >= 0.3 is 0 Å². The summed E-state index contributed by atoms with van der Waals surface area (Å²) in [7, 11) is 6.35. The molecule has 0 atom stereocenters. The minimum Gasteiger partial charge on any atom is -0.345 e. The molecule has 0 aliphatic heterocycles. The van der Waals surface area contributed by atoms with Crippen LogP contribution < -0.4 is 14.7 Å². The molecule has 0 heterocycles. The van der Waals surface area contributed by atoms with E-state index in [-0.39, 0.29) is 5.92 Å². The summed E-state index contributed by atoms with van der Waals surface area (Å²) in [5.41, 5.74) is 10.8. The Morgan fingerprint density at radius 1 is 0.279 bits per heavy atom. The smallest absolute Gasteiger partial charge is 0.0408 e. The highest BCUT2D eigenvalue weighted by molar-refractivity contribution is 5.66. The molecule has 0 radical (unpaired) electrons. The third-order valence-electron chi connectivity index (χ3n) is 8.27. The van der Waals surface area contributed by atoms with E-state index in [0.29, 0.717) is 0 Å². The van der Waals surface area contributed by atoms with E-state index < -0.39 is 0 Å². The van der Waals surface area contributed by atoms with Crippen molar-refractivity contribution < 1.29 is 0 Å². The van der Waals surface area contributed by atoms with Crippen LogP contribution in [0, 0.1) is 0 Å². The lowest BCUT2D eigenvalue weighted by Gasteiger charge is -2.25. The topological polar surface area (TPSA) is 9.72 Å². The molecule has 43 heavy (non-hydrogen) atoms. The number of rotatable bonds is 9. The molecule has 6 rings (SSSR count). The van der Waals surface area contributed by atoms with Crippen LogP contribution in [0.2, 0.25) is 0 Å². The molecule has 0 aliphatic carbocycles. The second kappa shape index (κ2) is 12.7. The average Bonchev–Trinajstić information content (AvgIpc) is 3.09. The van der Waals surface area contributed by atoms with Crippen LogP contribution in [-0.2, 0) is 0 Å². The van der Waals surface area contributed by atoms with Crippen molar-refractivity contribution in [2.75, 3.05) is 35.8 Å². The summed E-state index contributed by atoms with van der Waals surface area (Å²) in [6.45, 7) is 0. The third-order valence-corrected chi connectivity index (χ3v) is 8.27. The Hall–Kier alpha value is -5.28. The van der Waals surface area contributed by atoms with Gasteiger partial charge in [0.15, 0.2) is 0 Å². The number of para-hydroxylation sites is 3. The van der Waals surface area contributed by atoms with Crippen molar-refractivity contribution in [1.29, 1.82) is 0 Å². The van der Waals surface area contributed by atoms with Gasteiger partial charge in [0.25, 0.3) is 0 Å². The van der Waals surface area contributed by atoms with Gasteiger partial charge in [0, 0.05) is 61.2 Å². The van der Waals surface area contributed by atoms with Gasteiger partial charge in [-0.1, -0.05) is 91.0 Å². The monoisotopic (exact) mass is 559 g/mol. The highest BCUT2D eigenvalue weighted by Crippen LogP contribution is 2.36. The molecule has 6 aromatic rings. The van der Waals surface area contributed by atoms with Crippen molar-refractivity contribution in [3.63, 3.8) is 0 Å². The van der Waals surface area contributed by atoms with Gasteiger partial charge in [-0.15, -0.1) is 0 Å². The second-order valence-electron chi connectivity index (χ2n) is 10.9. The molecule has 3 nitrogen and oxygen atoms in total. The summed E-state index contributed by atoms with van der Waals surface area (Å²) in [4.78, 5) is 6.67. The molecule has 0 saturated heterocycles. The van der Waals surface area contributed by atoms with E-state index in [9.17, 15) is 0 Å². The van der Waals surface area contributed by atoms with Crippen LogP contribution in [0.25, 0.3) is 0 Å². The molecule has 0 aromatic heterocycles. The molecule has 0 fully saturated rings. The molecule has 0 aliphatic rings. The van der Waals surface area contributed by atoms with Gasteiger partial charge in [-0.3, -0.25) is 0 Å². The average molecular weight is 560 g/mol. The number of anilines is 6. The van der Waals surface area contributed by atoms with E-state index in [4.69, 9.17) is 0 Å². The molecular weight excluding hydrogens is 522 g/mol. The maximum absolute atomic E-state index is 2.27. The van der Waals surface area contributed by atoms with Gasteiger partial charge < -0.3 is 14.7 Å². The SMILES string of the molecule is CN(c1ccccc1)c1ccc(C(c2ccc(N(C)c3ccccc3)cc2)c2ccc(N(C)c3ccccc3)cc2)cc1. The fraction of sp³-hybridized carbons (Fsp3) is 0.100. The van der Waals surface area contributed by atoms with Gasteiger partial charge in [-0.05, 0) is 89.5 Å². The molecule has 0 unspecified atom stereocenters. The van der Waals surface area contributed by atoms with E-state index in [2.05, 4.69) is 200 Å². The standard InChI is InChI=1S/C40H37N3/c1-41(34-13-7-4-8-14-34)37-25-19-31(20-26-37)40(32-21-27-38(28-22-32)42(2)35-15-9-5-10-16-35)33-23-29-39(30-24-33)43(3)36-17-11-6-12-18-36/h4-30,40H,1-3H3. The first-order chi connectivity index (χ1) is 21.1. The molecular formula is C40H37N3. The minimum atomic E-state index is 0.100. The lowest BCUT2D eigenvalue weighted by Crippen LogP contribution is -2.11. The normalized spacial score (nSPS) is 10.9. The fourth-order valence-corrected chi connectivity index (χ4v) is 5.65. The lowest BCUT2D eigenvalue weighted by atomic mass is 9.85. The summed E-state index contributed by atoms with van der Waals surface area (Å²) in [5, 5.41) is 0. The van der Waals surface area contributed by atoms with Crippen LogP contribution in [0.1, 0.15) is 22.6 Å². The molecule has 6 aromatic carbocycles. The zero-order valence-corrected chi connectivity index (χ0v) is 25.0. The molecule has 0 amide bonds. The van der Waals surface area contributed by atoms with E-state index in [0.717, 1.165) is 17.1 Å². The quantitative estimate of drug-likeness (QED) is 0.163. The summed E-state index contributed by atoms with van der Waals surface area (Å²) in [6, 6.07) is 58.4. The maximum Gasteiger partial charge on any atom is 0.0408 e. The summed E-state index contributed by atoms with van der Waals surface area (Å²) < 4.78 is 0. The molecule has 3 heteroatoms. The third kappa shape index (κ3) is 6.17. The minimum absolute atomic E-state index is 0.100. The predicted octanol–water partition coefficient (Wildman–Crippen LogP) is 10.2. The maximum atomic E-state index is 2.27. The van der Waals surface area contributed by atoms with Gasteiger partial charge in [0.2, 0.25) is 0 Å². The largest absolute Gasteiger partial charge is 0.345 e. The molecule has 0 bridgehead atoms. The first kappa shape index (κ1) is 27.9. The lowest BCUT2D eigenvalue weighted by molar-refractivity contribution is 0.974. The van der Waals surface area contributed by atoms with Gasteiger partial charge in [-0.2, -0.15) is 0 Å². The summed E-state index contributed by atoms with van der Waals surface area (Å²) in [6.07, 6.45) is 0. The zero-order chi connectivity index (χ0) is 29.6. The van der Waals surface area contributed by atoms with Crippen LogP contribution in [0.5, 0.6) is 0 Å². The van der Waals surface area contributed by atoms with Crippen LogP contribution in [0.3, 0.4) is 0 Å². The van der Waals surface area contributed by atoms with Gasteiger partial charge in [0.1, 0.15) is 0 Å². The zero-order valence-electron chi connectivity index (χ0n) is 25.0. The van der Waals surface area contributed by atoms with E-state index >= 15 is 0 Å². The predicted molar refractivity (Wildman–Crippen MR) is 184 cm³/mol. The second-order valence-corrected chi connectivity index (χ2v) is 10.9. The van der Waals surface area contributed by atoms with Crippen molar-refractivity contribution in [2.24, 2.45) is 0 Å². The summed E-state index contributed by atoms with van der Waals surface area (Å²) in [5.74, 6) is 0.100. The van der Waals surface area contributed by atoms with Crippen molar-refractivity contribution in [1.82, 2.24) is 0 Å². The van der Waals surface area contributed by atoms with E-state index in [1.807, 2.05) is 0 Å². The molecule has 0 spiro atoms. The Balaban J connectivity index is 1.33. The first-order valence-electron chi connectivity index (χ1n) is 14.7. The first-order valence-corrected chi connectivity index (χ1v) is 14.7. The Kier molecular flexibility index (Phi) is 8.24. The van der Waals surface area contributed by atoms with Crippen LogP contribution >= 0.6 is 0 Å². The molecule has 0 saturated carbocycles. The highest BCUT2D eigenvalue weighted by Gasteiger charge is 2.19. The summed E-state index contributed by atoms with van der Waals surface area (Å²) >= 11 is 0. The number of hydrogen-bond donors (Lipinski definition) is 0. The Labute approximate surface area is 255 Å². The van der Waals surface area contributed by atoms with Crippen LogP contribution in [-0.4, -0.2) is 21.1 Å². The fourth-order valence-electron chi connectivity index (χ4n) is 5.65. The Morgan fingerprint density at radius 3 is 0.721 bits per heavy atom. The van der Waals surface area contributed by atoms with Crippen molar-refractivity contribution in [2.45, 2.75) is 5.92 Å². The van der Waals surface area contributed by atoms with Crippen molar-refractivity contribution in [3.05, 3.63) is 180 Å². The number of nitrogens with zero attached hydrogens (tertiary/aromatic N) is 3. The van der Waals surface area contributed by atoms with Gasteiger partial charge in [-0.25, -0.2) is 0 Å². The van der Waals surface area contributed by atoms with E-state index in [1.54, 1.807) is 0 Å². The molecule has 212 valence electrons. The number of hydrogen-bond acceptors (Lipinski definition) is 3. The highest BCUT2D eigenvalue weighted by atomic mass is 15.1. The van der Waals surface area contributed by atoms with Crippen molar-refractivity contribution >= 4 is 34.1 Å². The molecule has 0 N–H and O–H groups in total. The Bertz CT molecular complexity index is 1500. The Morgan fingerprint density at radius 2 is 0.488 bits per heavy atom. The van der Waals surface area contributed by atoms with Crippen LogP contribution in [0.4, 0.5) is 34.1 Å². The van der Waals surface area contributed by atoms with E-state index in [1.165, 1.54) is 33.8 Å². The number of benzene rings is 6. The van der Waals surface area contributed by atoms with Gasteiger partial charge in [0.05, 0.1) is 0 Å². The van der Waals surface area contributed by atoms with Crippen LogP contribution in [0.15, 0.2) is 164 Å². The van der Waals surface area contributed by atoms with Crippen molar-refractivity contribution in [3.8, 4) is 0 Å².